The third kappa shape index (κ3) is 4.89. The molecule has 0 spiro atoms. The monoisotopic (exact) mass is 398 g/mol. The fraction of sp³-hybridized carbons (Fsp3) is 0.150. The zero-order valence-electron chi connectivity index (χ0n) is 15.4. The summed E-state index contributed by atoms with van der Waals surface area (Å²) in [6.45, 7) is 2.50. The SMILES string of the molecule is CCOc1ccc(NC(=O)c2cnc(Nc3cc(Cl)ccc3OC)cn2)cc1. The minimum Gasteiger partial charge on any atom is -0.495 e. The van der Waals surface area contributed by atoms with Crippen molar-refractivity contribution in [3.63, 3.8) is 0 Å². The van der Waals surface area contributed by atoms with E-state index in [1.54, 1.807) is 49.6 Å². The van der Waals surface area contributed by atoms with Gasteiger partial charge >= 0.3 is 0 Å². The summed E-state index contributed by atoms with van der Waals surface area (Å²) in [6.07, 6.45) is 2.86. The molecule has 0 aliphatic rings. The van der Waals surface area contributed by atoms with Crippen LogP contribution in [0.5, 0.6) is 11.5 Å². The van der Waals surface area contributed by atoms with Crippen LogP contribution in [0.1, 0.15) is 17.4 Å². The van der Waals surface area contributed by atoms with Gasteiger partial charge in [0.05, 0.1) is 31.8 Å². The summed E-state index contributed by atoms with van der Waals surface area (Å²) >= 11 is 6.02. The van der Waals surface area contributed by atoms with Crippen molar-refractivity contribution in [3.8, 4) is 11.5 Å². The molecule has 0 bridgehead atoms. The van der Waals surface area contributed by atoms with Gasteiger partial charge in [0.25, 0.3) is 5.91 Å². The van der Waals surface area contributed by atoms with Gasteiger partial charge in [0, 0.05) is 10.7 Å². The number of aromatic nitrogens is 2. The molecule has 7 nitrogen and oxygen atoms in total. The fourth-order valence-electron chi connectivity index (χ4n) is 2.42. The summed E-state index contributed by atoms with van der Waals surface area (Å²) in [5, 5.41) is 6.40. The van der Waals surface area contributed by atoms with E-state index in [2.05, 4.69) is 20.6 Å². The normalized spacial score (nSPS) is 10.2. The highest BCUT2D eigenvalue weighted by Crippen LogP contribution is 2.29. The molecule has 144 valence electrons. The Kier molecular flexibility index (Phi) is 6.29. The second-order valence-corrected chi connectivity index (χ2v) is 6.10. The molecule has 0 atom stereocenters. The highest BCUT2D eigenvalue weighted by Gasteiger charge is 2.10. The van der Waals surface area contributed by atoms with Crippen LogP contribution in [0.15, 0.2) is 54.9 Å². The maximum absolute atomic E-state index is 12.3. The van der Waals surface area contributed by atoms with Gasteiger partial charge in [-0.25, -0.2) is 9.97 Å². The fourth-order valence-corrected chi connectivity index (χ4v) is 2.59. The van der Waals surface area contributed by atoms with Crippen molar-refractivity contribution >= 4 is 34.7 Å². The van der Waals surface area contributed by atoms with Gasteiger partial charge in [0.1, 0.15) is 23.0 Å². The summed E-state index contributed by atoms with van der Waals surface area (Å²) in [6, 6.07) is 12.3. The number of methoxy groups -OCH3 is 1. The van der Waals surface area contributed by atoms with Crippen LogP contribution in [-0.2, 0) is 0 Å². The highest BCUT2D eigenvalue weighted by molar-refractivity contribution is 6.31. The van der Waals surface area contributed by atoms with E-state index < -0.39 is 0 Å². The van der Waals surface area contributed by atoms with Crippen LogP contribution in [0.25, 0.3) is 0 Å². The molecule has 1 aromatic heterocycles. The number of carbonyl (C=O) groups excluding carboxylic acids is 1. The number of rotatable bonds is 7. The first-order valence-corrected chi connectivity index (χ1v) is 8.93. The van der Waals surface area contributed by atoms with Gasteiger partial charge in [0.15, 0.2) is 0 Å². The summed E-state index contributed by atoms with van der Waals surface area (Å²) in [5.41, 5.74) is 1.48. The molecule has 0 radical (unpaired) electrons. The van der Waals surface area contributed by atoms with Crippen LogP contribution >= 0.6 is 11.6 Å². The first-order chi connectivity index (χ1) is 13.6. The number of amides is 1. The van der Waals surface area contributed by atoms with Crippen molar-refractivity contribution in [3.05, 3.63) is 65.6 Å². The molecule has 2 aromatic carbocycles. The third-order valence-corrected chi connectivity index (χ3v) is 3.97. The first-order valence-electron chi connectivity index (χ1n) is 8.56. The highest BCUT2D eigenvalue weighted by atomic mass is 35.5. The lowest BCUT2D eigenvalue weighted by Crippen LogP contribution is -2.14. The molecule has 0 aliphatic heterocycles. The van der Waals surface area contributed by atoms with E-state index in [0.29, 0.717) is 34.6 Å². The lowest BCUT2D eigenvalue weighted by molar-refractivity contribution is 0.102. The summed E-state index contributed by atoms with van der Waals surface area (Å²) < 4.78 is 10.7. The molecular weight excluding hydrogens is 380 g/mol. The number of anilines is 3. The number of hydrogen-bond donors (Lipinski definition) is 2. The number of nitrogens with one attached hydrogen (secondary N) is 2. The molecular formula is C20H19ClN4O3. The molecule has 0 unspecified atom stereocenters. The molecule has 3 rings (SSSR count). The van der Waals surface area contributed by atoms with Gasteiger partial charge in [0.2, 0.25) is 0 Å². The third-order valence-electron chi connectivity index (χ3n) is 3.73. The van der Waals surface area contributed by atoms with Gasteiger partial charge in [-0.05, 0) is 49.4 Å². The largest absolute Gasteiger partial charge is 0.495 e. The van der Waals surface area contributed by atoms with Gasteiger partial charge in [-0.15, -0.1) is 0 Å². The average molecular weight is 399 g/mol. The lowest BCUT2D eigenvalue weighted by atomic mass is 10.3. The number of carbonyl (C=O) groups is 1. The second-order valence-electron chi connectivity index (χ2n) is 5.67. The van der Waals surface area contributed by atoms with Gasteiger partial charge in [-0.1, -0.05) is 11.6 Å². The number of ether oxygens (including phenoxy) is 2. The van der Waals surface area contributed by atoms with E-state index in [0.717, 1.165) is 5.75 Å². The van der Waals surface area contributed by atoms with Crippen molar-refractivity contribution in [2.24, 2.45) is 0 Å². The van der Waals surface area contributed by atoms with Crippen molar-refractivity contribution in [2.45, 2.75) is 6.92 Å². The van der Waals surface area contributed by atoms with E-state index in [-0.39, 0.29) is 11.6 Å². The number of hydrogen-bond acceptors (Lipinski definition) is 6. The summed E-state index contributed by atoms with van der Waals surface area (Å²) in [4.78, 5) is 20.7. The predicted molar refractivity (Wildman–Crippen MR) is 109 cm³/mol. The van der Waals surface area contributed by atoms with Gasteiger partial charge < -0.3 is 20.1 Å². The molecule has 3 aromatic rings. The molecule has 2 N–H and O–H groups in total. The molecule has 0 fully saturated rings. The lowest BCUT2D eigenvalue weighted by Gasteiger charge is -2.11. The summed E-state index contributed by atoms with van der Waals surface area (Å²) in [7, 11) is 1.56. The zero-order valence-corrected chi connectivity index (χ0v) is 16.2. The quantitative estimate of drug-likeness (QED) is 0.608. The van der Waals surface area contributed by atoms with Gasteiger partial charge in [-0.3, -0.25) is 4.79 Å². The molecule has 8 heteroatoms. The van der Waals surface area contributed by atoms with E-state index >= 15 is 0 Å². The maximum atomic E-state index is 12.3. The molecule has 0 saturated carbocycles. The molecule has 0 aliphatic carbocycles. The van der Waals surface area contributed by atoms with Crippen LogP contribution in [0.3, 0.4) is 0 Å². The zero-order chi connectivity index (χ0) is 19.9. The predicted octanol–water partition coefficient (Wildman–Crippen LogP) is 4.53. The van der Waals surface area contributed by atoms with Crippen LogP contribution in [0.2, 0.25) is 5.02 Å². The van der Waals surface area contributed by atoms with Crippen LogP contribution in [0.4, 0.5) is 17.2 Å². The van der Waals surface area contributed by atoms with E-state index in [4.69, 9.17) is 21.1 Å². The van der Waals surface area contributed by atoms with E-state index in [1.807, 2.05) is 6.92 Å². The van der Waals surface area contributed by atoms with E-state index in [9.17, 15) is 4.79 Å². The van der Waals surface area contributed by atoms with Crippen LogP contribution in [0, 0.1) is 0 Å². The maximum Gasteiger partial charge on any atom is 0.275 e. The Labute approximate surface area is 167 Å². The Balaban J connectivity index is 1.66. The Morgan fingerprint density at radius 1 is 1.11 bits per heavy atom. The molecule has 1 heterocycles. The van der Waals surface area contributed by atoms with E-state index in [1.165, 1.54) is 12.4 Å². The average Bonchev–Trinajstić information content (AvgIpc) is 2.70. The number of halogens is 1. The van der Waals surface area contributed by atoms with Crippen LogP contribution in [-0.4, -0.2) is 29.6 Å². The van der Waals surface area contributed by atoms with Crippen molar-refractivity contribution in [1.29, 1.82) is 0 Å². The Morgan fingerprint density at radius 3 is 2.54 bits per heavy atom. The minimum absolute atomic E-state index is 0.192. The standard InChI is InChI=1S/C20H19ClN4O3/c1-3-28-15-7-5-14(6-8-15)24-20(26)17-11-23-19(12-22-17)25-16-10-13(21)4-9-18(16)27-2/h4-12H,3H2,1-2H3,(H,23,25)(H,24,26). The van der Waals surface area contributed by atoms with Gasteiger partial charge in [-0.2, -0.15) is 0 Å². The Bertz CT molecular complexity index is 947. The topological polar surface area (TPSA) is 85.4 Å². The number of benzene rings is 2. The van der Waals surface area contributed by atoms with Crippen LogP contribution < -0.4 is 20.1 Å². The second kappa shape index (κ2) is 9.05. The minimum atomic E-state index is -0.358. The Hall–Kier alpha value is -3.32. The first kappa shape index (κ1) is 19.4. The smallest absolute Gasteiger partial charge is 0.275 e. The van der Waals surface area contributed by atoms with Crippen molar-refractivity contribution in [1.82, 2.24) is 9.97 Å². The molecule has 28 heavy (non-hydrogen) atoms. The summed E-state index contributed by atoms with van der Waals surface area (Å²) in [5.74, 6) is 1.46. The number of nitrogens with zero attached hydrogens (tertiary/aromatic N) is 2. The van der Waals surface area contributed by atoms with Crippen molar-refractivity contribution in [2.75, 3.05) is 24.4 Å². The molecule has 0 saturated heterocycles. The Morgan fingerprint density at radius 2 is 1.89 bits per heavy atom. The van der Waals surface area contributed by atoms with Crippen molar-refractivity contribution < 1.29 is 14.3 Å². The molecule has 1 amide bonds.